The maximum Gasteiger partial charge on any atom is 0.408 e. The quantitative estimate of drug-likeness (QED) is 0.415. The lowest BCUT2D eigenvalue weighted by molar-refractivity contribution is -0.122. The van der Waals surface area contributed by atoms with Crippen LogP contribution in [-0.2, 0) is 17.8 Å². The standard InChI is InChI=1S/C29H37N3O4/c1-18(2)14-25-23(16-32(28(34)35)29(4,5)6)27(20-10-8-19(3)9-11-20)22-15-21(12-13-24(22)31-25)36-17-26(33)30-7/h8-13,15,18H,14,16-17H2,1-7H3,(H,30,33)(H,34,35). The summed E-state index contributed by atoms with van der Waals surface area (Å²) >= 11 is 0. The van der Waals surface area contributed by atoms with Gasteiger partial charge in [-0.15, -0.1) is 0 Å². The van der Waals surface area contributed by atoms with E-state index < -0.39 is 11.6 Å². The molecule has 192 valence electrons. The molecule has 0 saturated heterocycles. The lowest BCUT2D eigenvalue weighted by Crippen LogP contribution is -2.44. The maximum absolute atomic E-state index is 12.3. The van der Waals surface area contributed by atoms with E-state index in [1.165, 1.54) is 4.90 Å². The van der Waals surface area contributed by atoms with Gasteiger partial charge in [0.25, 0.3) is 5.91 Å². The molecular formula is C29H37N3O4. The molecule has 7 nitrogen and oxygen atoms in total. The molecule has 0 saturated carbocycles. The molecule has 2 N–H and O–H groups in total. The number of carbonyl (C=O) groups is 2. The Kier molecular flexibility index (Phi) is 8.23. The van der Waals surface area contributed by atoms with Crippen LogP contribution < -0.4 is 10.1 Å². The van der Waals surface area contributed by atoms with Crippen molar-refractivity contribution in [1.82, 2.24) is 15.2 Å². The zero-order valence-corrected chi connectivity index (χ0v) is 22.3. The topological polar surface area (TPSA) is 91.8 Å². The Balaban J connectivity index is 2.33. The van der Waals surface area contributed by atoms with Crippen LogP contribution in [0, 0.1) is 12.8 Å². The third-order valence-electron chi connectivity index (χ3n) is 6.09. The van der Waals surface area contributed by atoms with E-state index in [1.807, 2.05) is 45.9 Å². The van der Waals surface area contributed by atoms with Crippen molar-refractivity contribution < 1.29 is 19.4 Å². The van der Waals surface area contributed by atoms with Crippen LogP contribution in [0.2, 0.25) is 0 Å². The summed E-state index contributed by atoms with van der Waals surface area (Å²) in [6.07, 6.45) is -0.257. The molecule has 0 spiro atoms. The first-order valence-electron chi connectivity index (χ1n) is 12.3. The highest BCUT2D eigenvalue weighted by Crippen LogP contribution is 2.37. The van der Waals surface area contributed by atoms with Gasteiger partial charge in [-0.25, -0.2) is 4.79 Å². The minimum absolute atomic E-state index is 0.0929. The van der Waals surface area contributed by atoms with E-state index in [0.29, 0.717) is 11.7 Å². The summed E-state index contributed by atoms with van der Waals surface area (Å²) in [5.74, 6) is 0.666. The van der Waals surface area contributed by atoms with Crippen LogP contribution in [-0.4, -0.2) is 46.2 Å². The van der Waals surface area contributed by atoms with Gasteiger partial charge < -0.3 is 15.2 Å². The van der Waals surface area contributed by atoms with Crippen LogP contribution in [0.1, 0.15) is 51.4 Å². The van der Waals surface area contributed by atoms with Gasteiger partial charge in [0.15, 0.2) is 6.61 Å². The molecular weight excluding hydrogens is 454 g/mol. The number of benzene rings is 2. The monoisotopic (exact) mass is 491 g/mol. The van der Waals surface area contributed by atoms with Gasteiger partial charge in [-0.05, 0) is 69.4 Å². The van der Waals surface area contributed by atoms with Gasteiger partial charge >= 0.3 is 6.09 Å². The van der Waals surface area contributed by atoms with E-state index >= 15 is 0 Å². The van der Waals surface area contributed by atoms with E-state index in [1.54, 1.807) is 7.05 Å². The number of nitrogens with zero attached hydrogens (tertiary/aromatic N) is 2. The SMILES string of the molecule is CNC(=O)COc1ccc2nc(CC(C)C)c(CN(C(=O)O)C(C)(C)C)c(-c3ccc(C)cc3)c2c1. The largest absolute Gasteiger partial charge is 0.484 e. The van der Waals surface area contributed by atoms with Crippen LogP contribution >= 0.6 is 0 Å². The molecule has 0 unspecified atom stereocenters. The zero-order chi connectivity index (χ0) is 26.6. The average molecular weight is 492 g/mol. The number of nitrogens with one attached hydrogen (secondary N) is 1. The summed E-state index contributed by atoms with van der Waals surface area (Å²) in [4.78, 5) is 30.5. The molecule has 3 rings (SSSR count). The molecule has 1 heterocycles. The summed E-state index contributed by atoms with van der Waals surface area (Å²) in [7, 11) is 1.57. The van der Waals surface area contributed by atoms with E-state index in [9.17, 15) is 14.7 Å². The maximum atomic E-state index is 12.3. The van der Waals surface area contributed by atoms with Crippen LogP contribution in [0.5, 0.6) is 5.75 Å². The summed E-state index contributed by atoms with van der Waals surface area (Å²) in [5, 5.41) is 13.5. The third-order valence-corrected chi connectivity index (χ3v) is 6.09. The van der Waals surface area contributed by atoms with Crippen molar-refractivity contribution in [3.63, 3.8) is 0 Å². The summed E-state index contributed by atoms with van der Waals surface area (Å²) in [5.41, 5.74) is 5.04. The number of aromatic nitrogens is 1. The Hall–Kier alpha value is -3.61. The predicted molar refractivity (Wildman–Crippen MR) is 143 cm³/mol. The lowest BCUT2D eigenvalue weighted by Gasteiger charge is -2.34. The number of hydrogen-bond donors (Lipinski definition) is 2. The number of fused-ring (bicyclic) bond motifs is 1. The van der Waals surface area contributed by atoms with Crippen molar-refractivity contribution in [2.75, 3.05) is 13.7 Å². The van der Waals surface area contributed by atoms with Gasteiger partial charge in [0.05, 0.1) is 12.1 Å². The molecule has 36 heavy (non-hydrogen) atoms. The number of rotatable bonds is 8. The zero-order valence-electron chi connectivity index (χ0n) is 22.3. The molecule has 0 radical (unpaired) electrons. The highest BCUT2D eigenvalue weighted by molar-refractivity contribution is 5.97. The predicted octanol–water partition coefficient (Wildman–Crippen LogP) is 5.81. The molecule has 1 aromatic heterocycles. The Morgan fingerprint density at radius 3 is 2.33 bits per heavy atom. The van der Waals surface area contributed by atoms with Crippen molar-refractivity contribution in [3.8, 4) is 16.9 Å². The van der Waals surface area contributed by atoms with Crippen molar-refractivity contribution in [2.45, 2.75) is 60.0 Å². The number of amides is 2. The molecule has 0 aliphatic heterocycles. The number of carbonyl (C=O) groups excluding carboxylic acids is 1. The normalized spacial score (nSPS) is 11.6. The number of carboxylic acid groups (broad SMARTS) is 1. The Morgan fingerprint density at radius 2 is 1.78 bits per heavy atom. The Bertz CT molecular complexity index is 1240. The molecule has 2 amide bonds. The van der Waals surface area contributed by atoms with Crippen molar-refractivity contribution >= 4 is 22.9 Å². The van der Waals surface area contributed by atoms with E-state index in [2.05, 4.69) is 43.4 Å². The third kappa shape index (κ3) is 6.33. The molecule has 0 atom stereocenters. The Morgan fingerprint density at radius 1 is 1.11 bits per heavy atom. The second kappa shape index (κ2) is 11.0. The van der Waals surface area contributed by atoms with Gasteiger partial charge in [-0.2, -0.15) is 0 Å². The second-order valence-electron chi connectivity index (χ2n) is 10.6. The molecule has 0 fully saturated rings. The van der Waals surface area contributed by atoms with E-state index in [-0.39, 0.29) is 19.1 Å². The van der Waals surface area contributed by atoms with Crippen molar-refractivity contribution in [1.29, 1.82) is 0 Å². The van der Waals surface area contributed by atoms with Crippen LogP contribution in [0.4, 0.5) is 4.79 Å². The highest BCUT2D eigenvalue weighted by Gasteiger charge is 2.29. The van der Waals surface area contributed by atoms with Gasteiger partial charge in [-0.3, -0.25) is 14.7 Å². The summed E-state index contributed by atoms with van der Waals surface area (Å²) in [6, 6.07) is 13.8. The highest BCUT2D eigenvalue weighted by atomic mass is 16.5. The number of hydrogen-bond acceptors (Lipinski definition) is 4. The van der Waals surface area contributed by atoms with Crippen LogP contribution in [0.25, 0.3) is 22.0 Å². The van der Waals surface area contributed by atoms with Gasteiger partial charge in [-0.1, -0.05) is 43.7 Å². The first-order chi connectivity index (χ1) is 16.9. The smallest absolute Gasteiger partial charge is 0.408 e. The second-order valence-corrected chi connectivity index (χ2v) is 10.6. The van der Waals surface area contributed by atoms with Gasteiger partial charge in [0, 0.05) is 29.2 Å². The average Bonchev–Trinajstić information content (AvgIpc) is 2.80. The van der Waals surface area contributed by atoms with Gasteiger partial charge in [0.2, 0.25) is 0 Å². The summed E-state index contributed by atoms with van der Waals surface area (Å²) in [6.45, 7) is 12.1. The number of ether oxygens (including phenoxy) is 1. The number of aryl methyl sites for hydroxylation is 1. The lowest BCUT2D eigenvalue weighted by atomic mass is 9.90. The number of likely N-dealkylation sites (N-methyl/N-ethyl adjacent to an activating group) is 1. The molecule has 3 aromatic rings. The minimum Gasteiger partial charge on any atom is -0.484 e. The minimum atomic E-state index is -0.976. The molecule has 0 bridgehead atoms. The molecule has 0 aliphatic carbocycles. The van der Waals surface area contributed by atoms with E-state index in [4.69, 9.17) is 9.72 Å². The number of pyridine rings is 1. The van der Waals surface area contributed by atoms with E-state index in [0.717, 1.165) is 45.3 Å². The molecule has 0 aliphatic rings. The fraction of sp³-hybridized carbons (Fsp3) is 0.414. The first-order valence-corrected chi connectivity index (χ1v) is 12.3. The van der Waals surface area contributed by atoms with Crippen molar-refractivity contribution in [2.24, 2.45) is 5.92 Å². The molecule has 2 aromatic carbocycles. The fourth-order valence-corrected chi connectivity index (χ4v) is 4.17. The van der Waals surface area contributed by atoms with Crippen molar-refractivity contribution in [3.05, 3.63) is 59.3 Å². The van der Waals surface area contributed by atoms with Crippen LogP contribution in [0.15, 0.2) is 42.5 Å². The summed E-state index contributed by atoms with van der Waals surface area (Å²) < 4.78 is 5.74. The molecule has 7 heteroatoms. The first kappa shape index (κ1) is 27.0. The fourth-order valence-electron chi connectivity index (χ4n) is 4.17. The van der Waals surface area contributed by atoms with Crippen LogP contribution in [0.3, 0.4) is 0 Å². The van der Waals surface area contributed by atoms with Gasteiger partial charge in [0.1, 0.15) is 5.75 Å². The Labute approximate surface area is 213 Å².